The molecule has 0 aliphatic carbocycles. The molecule has 4 rings (SSSR count). The van der Waals surface area contributed by atoms with E-state index in [0.717, 1.165) is 6.42 Å². The molecule has 2 heterocycles. The molecular formula is C21H17ClFN3O. The van der Waals surface area contributed by atoms with Gasteiger partial charge in [0.2, 0.25) is 0 Å². The highest BCUT2D eigenvalue weighted by Crippen LogP contribution is 2.24. The molecule has 1 N–H and O–H groups in total. The van der Waals surface area contributed by atoms with Gasteiger partial charge < -0.3 is 10.2 Å². The highest BCUT2D eigenvalue weighted by Gasteiger charge is 2.22. The number of benzene rings is 2. The maximum Gasteiger partial charge on any atom is 0.272 e. The number of nitrogens with one attached hydrogen (secondary N) is 1. The zero-order valence-electron chi connectivity index (χ0n) is 14.5. The number of anilines is 2. The van der Waals surface area contributed by atoms with Gasteiger partial charge in [0, 0.05) is 30.7 Å². The summed E-state index contributed by atoms with van der Waals surface area (Å²) in [6.07, 6.45) is 2.42. The topological polar surface area (TPSA) is 45.2 Å². The lowest BCUT2D eigenvalue weighted by Gasteiger charge is -2.28. The summed E-state index contributed by atoms with van der Waals surface area (Å²) in [6, 6.07) is 16.0. The van der Waals surface area contributed by atoms with Crippen molar-refractivity contribution >= 4 is 28.9 Å². The summed E-state index contributed by atoms with van der Waals surface area (Å²) in [5.74, 6) is -0.580. The van der Waals surface area contributed by atoms with Gasteiger partial charge in [0.15, 0.2) is 0 Å². The van der Waals surface area contributed by atoms with E-state index in [4.69, 9.17) is 11.6 Å². The number of fused-ring (bicyclic) bond motifs is 1. The monoisotopic (exact) mass is 381 g/mol. The summed E-state index contributed by atoms with van der Waals surface area (Å²) < 4.78 is 13.3. The van der Waals surface area contributed by atoms with Crippen molar-refractivity contribution < 1.29 is 9.18 Å². The number of halogens is 2. The summed E-state index contributed by atoms with van der Waals surface area (Å²) >= 11 is 5.82. The van der Waals surface area contributed by atoms with E-state index in [1.165, 1.54) is 23.3 Å². The molecule has 0 saturated heterocycles. The molecule has 0 unspecified atom stereocenters. The van der Waals surface area contributed by atoms with Crippen molar-refractivity contribution in [2.45, 2.75) is 13.0 Å². The van der Waals surface area contributed by atoms with Crippen molar-refractivity contribution in [2.24, 2.45) is 0 Å². The Labute approximate surface area is 161 Å². The minimum absolute atomic E-state index is 0.0392. The Balaban J connectivity index is 1.52. The summed E-state index contributed by atoms with van der Waals surface area (Å²) in [7, 11) is 0. The Kier molecular flexibility index (Phi) is 4.77. The summed E-state index contributed by atoms with van der Waals surface area (Å²) in [4.78, 5) is 18.9. The molecule has 0 atom stereocenters. The summed E-state index contributed by atoms with van der Waals surface area (Å²) in [6.45, 7) is 1.25. The fourth-order valence-corrected chi connectivity index (χ4v) is 3.38. The second-order valence-electron chi connectivity index (χ2n) is 6.43. The number of pyridine rings is 1. The average molecular weight is 382 g/mol. The minimum Gasteiger partial charge on any atom is -0.355 e. The number of nitrogens with zero attached hydrogens (tertiary/aromatic N) is 2. The van der Waals surface area contributed by atoms with E-state index in [-0.39, 0.29) is 10.9 Å². The van der Waals surface area contributed by atoms with E-state index in [2.05, 4.69) is 22.4 Å². The molecule has 0 radical (unpaired) electrons. The molecule has 136 valence electrons. The molecule has 0 spiro atoms. The number of carbonyl (C=O) groups excluding carboxylic acids is 1. The fourth-order valence-electron chi connectivity index (χ4n) is 3.20. The standard InChI is InChI=1S/C21H17ClFN3O/c22-18-11-16(5-6-19(18)23)25-17-7-9-24-20(12-17)21(27)26-10-8-14-3-1-2-4-15(14)13-26/h1-7,9,11-12H,8,10,13H2,(H,24,25). The maximum atomic E-state index is 13.3. The molecule has 1 aliphatic heterocycles. The zero-order valence-corrected chi connectivity index (χ0v) is 15.2. The number of amides is 1. The molecular weight excluding hydrogens is 365 g/mol. The van der Waals surface area contributed by atoms with Gasteiger partial charge in [0.25, 0.3) is 5.91 Å². The molecule has 27 heavy (non-hydrogen) atoms. The van der Waals surface area contributed by atoms with E-state index >= 15 is 0 Å². The molecule has 4 nitrogen and oxygen atoms in total. The Morgan fingerprint density at radius 1 is 1.07 bits per heavy atom. The van der Waals surface area contributed by atoms with Crippen molar-refractivity contribution in [1.82, 2.24) is 9.88 Å². The molecule has 0 fully saturated rings. The van der Waals surface area contributed by atoms with E-state index in [1.807, 2.05) is 17.0 Å². The van der Waals surface area contributed by atoms with Crippen LogP contribution in [0.5, 0.6) is 0 Å². The lowest BCUT2D eigenvalue weighted by atomic mass is 10.00. The van der Waals surface area contributed by atoms with Gasteiger partial charge in [-0.05, 0) is 47.9 Å². The lowest BCUT2D eigenvalue weighted by molar-refractivity contribution is 0.0729. The Morgan fingerprint density at radius 2 is 1.85 bits per heavy atom. The van der Waals surface area contributed by atoms with Crippen molar-refractivity contribution in [3.8, 4) is 0 Å². The molecule has 0 saturated carbocycles. The van der Waals surface area contributed by atoms with Crippen LogP contribution in [0.3, 0.4) is 0 Å². The first-order valence-corrected chi connectivity index (χ1v) is 9.02. The predicted molar refractivity (Wildman–Crippen MR) is 104 cm³/mol. The quantitative estimate of drug-likeness (QED) is 0.707. The van der Waals surface area contributed by atoms with Gasteiger partial charge in [-0.25, -0.2) is 4.39 Å². The van der Waals surface area contributed by atoms with Crippen LogP contribution in [0, 0.1) is 5.82 Å². The number of hydrogen-bond donors (Lipinski definition) is 1. The fraction of sp³-hybridized carbons (Fsp3) is 0.143. The minimum atomic E-state index is -0.474. The van der Waals surface area contributed by atoms with Crippen LogP contribution in [-0.2, 0) is 13.0 Å². The average Bonchev–Trinajstić information content (AvgIpc) is 2.70. The molecule has 6 heteroatoms. The van der Waals surface area contributed by atoms with Gasteiger partial charge in [-0.2, -0.15) is 0 Å². The van der Waals surface area contributed by atoms with Crippen LogP contribution < -0.4 is 5.32 Å². The number of aromatic nitrogens is 1. The first-order valence-electron chi connectivity index (χ1n) is 8.64. The van der Waals surface area contributed by atoms with Gasteiger partial charge in [-0.1, -0.05) is 35.9 Å². The van der Waals surface area contributed by atoms with Gasteiger partial charge >= 0.3 is 0 Å². The van der Waals surface area contributed by atoms with Gasteiger partial charge in [0.05, 0.1) is 5.02 Å². The van der Waals surface area contributed by atoms with Crippen LogP contribution in [0.2, 0.25) is 5.02 Å². The highest BCUT2D eigenvalue weighted by molar-refractivity contribution is 6.31. The van der Waals surface area contributed by atoms with E-state index in [0.29, 0.717) is 30.2 Å². The van der Waals surface area contributed by atoms with E-state index < -0.39 is 5.82 Å². The molecule has 1 aliphatic rings. The van der Waals surface area contributed by atoms with Crippen LogP contribution in [0.4, 0.5) is 15.8 Å². The van der Waals surface area contributed by atoms with Crippen LogP contribution in [0.1, 0.15) is 21.6 Å². The van der Waals surface area contributed by atoms with Crippen molar-refractivity contribution in [2.75, 3.05) is 11.9 Å². The van der Waals surface area contributed by atoms with Crippen LogP contribution >= 0.6 is 11.6 Å². The molecule has 1 amide bonds. The Bertz CT molecular complexity index is 1010. The second-order valence-corrected chi connectivity index (χ2v) is 6.84. The molecule has 0 bridgehead atoms. The second kappa shape index (κ2) is 7.37. The third-order valence-corrected chi connectivity index (χ3v) is 4.89. The van der Waals surface area contributed by atoms with Crippen LogP contribution in [-0.4, -0.2) is 22.3 Å². The van der Waals surface area contributed by atoms with E-state index in [9.17, 15) is 9.18 Å². The zero-order chi connectivity index (χ0) is 18.8. The largest absolute Gasteiger partial charge is 0.355 e. The van der Waals surface area contributed by atoms with E-state index in [1.54, 1.807) is 24.4 Å². The predicted octanol–water partition coefficient (Wildman–Crippen LogP) is 4.82. The number of hydrogen-bond acceptors (Lipinski definition) is 3. The third-order valence-electron chi connectivity index (χ3n) is 4.61. The van der Waals surface area contributed by atoms with Gasteiger partial charge in [-0.15, -0.1) is 0 Å². The van der Waals surface area contributed by atoms with Crippen LogP contribution in [0.15, 0.2) is 60.8 Å². The summed E-state index contributed by atoms with van der Waals surface area (Å²) in [5.41, 5.74) is 4.16. The Morgan fingerprint density at radius 3 is 2.67 bits per heavy atom. The Hall–Kier alpha value is -2.92. The van der Waals surface area contributed by atoms with Crippen LogP contribution in [0.25, 0.3) is 0 Å². The van der Waals surface area contributed by atoms with Crippen molar-refractivity contribution in [3.63, 3.8) is 0 Å². The maximum absolute atomic E-state index is 13.3. The smallest absolute Gasteiger partial charge is 0.272 e. The molecule has 1 aromatic heterocycles. The van der Waals surface area contributed by atoms with Crippen molar-refractivity contribution in [1.29, 1.82) is 0 Å². The number of carbonyl (C=O) groups is 1. The molecule has 2 aromatic carbocycles. The summed E-state index contributed by atoms with van der Waals surface area (Å²) in [5, 5.41) is 3.16. The lowest BCUT2D eigenvalue weighted by Crippen LogP contribution is -2.36. The normalized spacial score (nSPS) is 13.2. The number of rotatable bonds is 3. The van der Waals surface area contributed by atoms with Gasteiger partial charge in [-0.3, -0.25) is 9.78 Å². The third kappa shape index (κ3) is 3.78. The first-order chi connectivity index (χ1) is 13.1. The van der Waals surface area contributed by atoms with Crippen molar-refractivity contribution in [3.05, 3.63) is 88.5 Å². The SMILES string of the molecule is O=C(c1cc(Nc2ccc(F)c(Cl)c2)ccn1)N1CCc2ccccc2C1. The van der Waals surface area contributed by atoms with Gasteiger partial charge in [0.1, 0.15) is 11.5 Å². The highest BCUT2D eigenvalue weighted by atomic mass is 35.5. The molecule has 3 aromatic rings. The first kappa shape index (κ1) is 17.5.